The van der Waals surface area contributed by atoms with Crippen molar-refractivity contribution in [3.05, 3.63) is 62.6 Å². The Morgan fingerprint density at radius 2 is 2.03 bits per heavy atom. The Morgan fingerprint density at radius 1 is 1.29 bits per heavy atom. The predicted octanol–water partition coefficient (Wildman–Crippen LogP) is 1.44. The minimum absolute atomic E-state index is 0.0465. The van der Waals surface area contributed by atoms with Gasteiger partial charge in [0.05, 0.1) is 17.8 Å². The van der Waals surface area contributed by atoms with E-state index in [0.717, 1.165) is 6.07 Å². The van der Waals surface area contributed by atoms with Gasteiger partial charge in [-0.2, -0.15) is 0 Å². The Labute approximate surface area is 176 Å². The molecule has 0 bridgehead atoms. The number of aromatic nitrogens is 1. The largest absolute Gasteiger partial charge is 0.503 e. The van der Waals surface area contributed by atoms with E-state index >= 15 is 0 Å². The molecule has 0 saturated heterocycles. The van der Waals surface area contributed by atoms with E-state index in [-0.39, 0.29) is 35.4 Å². The summed E-state index contributed by atoms with van der Waals surface area (Å²) in [6.07, 6.45) is 0.531. The molecule has 0 radical (unpaired) electrons. The monoisotopic (exact) mass is 432 g/mol. The number of nitrogens with one attached hydrogen (secondary N) is 2. The molecule has 4 rings (SSSR count). The van der Waals surface area contributed by atoms with Gasteiger partial charge in [-0.3, -0.25) is 14.4 Å². The lowest BCUT2D eigenvalue weighted by Crippen LogP contribution is -2.44. The second-order valence-electron chi connectivity index (χ2n) is 7.65. The van der Waals surface area contributed by atoms with Gasteiger partial charge in [-0.25, -0.2) is 8.78 Å². The van der Waals surface area contributed by atoms with Crippen LogP contribution in [0.4, 0.5) is 8.78 Å². The van der Waals surface area contributed by atoms with E-state index in [1.54, 1.807) is 16.5 Å². The average molecular weight is 432 g/mol. The van der Waals surface area contributed by atoms with Crippen LogP contribution in [0.25, 0.3) is 0 Å². The zero-order valence-corrected chi connectivity index (χ0v) is 17.0. The third-order valence-corrected chi connectivity index (χ3v) is 5.96. The van der Waals surface area contributed by atoms with Crippen LogP contribution in [0.1, 0.15) is 57.5 Å². The van der Waals surface area contributed by atoms with Crippen molar-refractivity contribution in [2.75, 3.05) is 20.1 Å². The summed E-state index contributed by atoms with van der Waals surface area (Å²) in [5.41, 5.74) is -0.984. The van der Waals surface area contributed by atoms with Crippen molar-refractivity contribution in [2.45, 2.75) is 32.0 Å². The number of halogens is 2. The maximum absolute atomic E-state index is 13.9. The standard InChI is InChI=1S/C21H22F2N4O4/c1-3-26-9-12-7-14(24-2)16-15(18(28)19(29)17(21(26)31)27(12)16)20(30)25-8-10-4-5-11(22)6-13(10)23/h4-6,12,14,24,29H,3,7-9H2,1-2H3,(H,25,30). The zero-order valence-electron chi connectivity index (χ0n) is 17.0. The highest BCUT2D eigenvalue weighted by molar-refractivity contribution is 6.00. The summed E-state index contributed by atoms with van der Waals surface area (Å²) in [4.78, 5) is 40.3. The summed E-state index contributed by atoms with van der Waals surface area (Å²) in [6.45, 7) is 2.36. The lowest BCUT2D eigenvalue weighted by molar-refractivity contribution is 0.0675. The second kappa shape index (κ2) is 7.77. The van der Waals surface area contributed by atoms with Gasteiger partial charge in [0.15, 0.2) is 11.4 Å². The SMILES string of the molecule is CCN1CC2CC(NC)c3c(C(=O)NCc4ccc(F)cc4F)c(=O)c(O)c(n32)C1=O. The molecule has 0 saturated carbocycles. The van der Waals surface area contributed by atoms with Crippen LogP contribution in [0, 0.1) is 11.6 Å². The second-order valence-corrected chi connectivity index (χ2v) is 7.65. The quantitative estimate of drug-likeness (QED) is 0.664. The minimum Gasteiger partial charge on any atom is -0.503 e. The molecular formula is C21H22F2N4O4. The zero-order chi connectivity index (χ0) is 22.4. The smallest absolute Gasteiger partial charge is 0.274 e. The van der Waals surface area contributed by atoms with Crippen LogP contribution in [0.15, 0.2) is 23.0 Å². The van der Waals surface area contributed by atoms with Crippen LogP contribution in [-0.4, -0.2) is 46.5 Å². The number of pyridine rings is 1. The van der Waals surface area contributed by atoms with Crippen molar-refractivity contribution in [3.63, 3.8) is 0 Å². The van der Waals surface area contributed by atoms with Crippen LogP contribution < -0.4 is 16.1 Å². The van der Waals surface area contributed by atoms with E-state index in [1.807, 2.05) is 6.92 Å². The van der Waals surface area contributed by atoms with Crippen LogP contribution in [0.3, 0.4) is 0 Å². The fraction of sp³-hybridized carbons (Fsp3) is 0.381. The molecule has 3 N–H and O–H groups in total. The maximum Gasteiger partial charge on any atom is 0.274 e. The predicted molar refractivity (Wildman–Crippen MR) is 107 cm³/mol. The highest BCUT2D eigenvalue weighted by Gasteiger charge is 2.44. The van der Waals surface area contributed by atoms with Gasteiger partial charge in [-0.05, 0) is 26.5 Å². The van der Waals surface area contributed by atoms with Gasteiger partial charge in [0, 0.05) is 31.3 Å². The van der Waals surface area contributed by atoms with Gasteiger partial charge in [0.1, 0.15) is 17.2 Å². The van der Waals surface area contributed by atoms with Crippen LogP contribution in [0.2, 0.25) is 0 Å². The fourth-order valence-electron chi connectivity index (χ4n) is 4.43. The van der Waals surface area contributed by atoms with Crippen molar-refractivity contribution >= 4 is 11.8 Å². The number of aromatic hydroxyl groups is 1. The highest BCUT2D eigenvalue weighted by Crippen LogP contribution is 2.41. The molecule has 1 aromatic carbocycles. The molecule has 164 valence electrons. The van der Waals surface area contributed by atoms with Crippen LogP contribution in [-0.2, 0) is 6.54 Å². The Hall–Kier alpha value is -3.27. The summed E-state index contributed by atoms with van der Waals surface area (Å²) >= 11 is 0. The van der Waals surface area contributed by atoms with Crippen molar-refractivity contribution in [3.8, 4) is 5.75 Å². The Kier molecular flexibility index (Phi) is 5.26. The summed E-state index contributed by atoms with van der Waals surface area (Å²) in [6, 6.07) is 2.38. The van der Waals surface area contributed by atoms with Gasteiger partial charge in [-0.1, -0.05) is 6.07 Å². The summed E-state index contributed by atoms with van der Waals surface area (Å²) in [5, 5.41) is 16.1. The lowest BCUT2D eigenvalue weighted by Gasteiger charge is -2.33. The minimum atomic E-state index is -0.953. The van der Waals surface area contributed by atoms with Crippen molar-refractivity contribution in [2.24, 2.45) is 0 Å². The Morgan fingerprint density at radius 3 is 2.68 bits per heavy atom. The normalized spacial score (nSPS) is 19.5. The lowest BCUT2D eigenvalue weighted by atomic mass is 10.0. The maximum atomic E-state index is 13.9. The first-order valence-electron chi connectivity index (χ1n) is 9.98. The molecular weight excluding hydrogens is 410 g/mol. The van der Waals surface area contributed by atoms with Crippen molar-refractivity contribution in [1.82, 2.24) is 20.1 Å². The third-order valence-electron chi connectivity index (χ3n) is 5.96. The van der Waals surface area contributed by atoms with Crippen molar-refractivity contribution in [1.29, 1.82) is 0 Å². The number of amides is 2. The molecule has 2 aromatic rings. The van der Waals surface area contributed by atoms with E-state index in [0.29, 0.717) is 31.3 Å². The van der Waals surface area contributed by atoms with E-state index < -0.39 is 34.6 Å². The van der Waals surface area contributed by atoms with Gasteiger partial charge < -0.3 is 25.2 Å². The first kappa shape index (κ1) is 21.0. The number of carbonyl (C=O) groups excluding carboxylic acids is 2. The molecule has 2 unspecified atom stereocenters. The molecule has 2 amide bonds. The number of rotatable bonds is 5. The number of hydrogen-bond donors (Lipinski definition) is 3. The molecule has 10 heteroatoms. The molecule has 8 nitrogen and oxygen atoms in total. The highest BCUT2D eigenvalue weighted by atomic mass is 19.1. The third kappa shape index (κ3) is 3.27. The Bertz CT molecular complexity index is 1150. The van der Waals surface area contributed by atoms with Crippen LogP contribution in [0.5, 0.6) is 5.75 Å². The number of nitrogens with zero attached hydrogens (tertiary/aromatic N) is 2. The number of hydrogen-bond acceptors (Lipinski definition) is 5. The van der Waals surface area contributed by atoms with Crippen LogP contribution >= 0.6 is 0 Å². The summed E-state index contributed by atoms with van der Waals surface area (Å²) < 4.78 is 28.6. The first-order chi connectivity index (χ1) is 14.8. The van der Waals surface area contributed by atoms with Gasteiger partial charge in [-0.15, -0.1) is 0 Å². The van der Waals surface area contributed by atoms with Gasteiger partial charge >= 0.3 is 0 Å². The summed E-state index contributed by atoms with van der Waals surface area (Å²) in [5.74, 6) is -3.61. The molecule has 1 aromatic heterocycles. The first-order valence-corrected chi connectivity index (χ1v) is 9.98. The average Bonchev–Trinajstić information content (AvgIpc) is 3.10. The molecule has 3 heterocycles. The topological polar surface area (TPSA) is 104 Å². The van der Waals surface area contributed by atoms with E-state index in [2.05, 4.69) is 10.6 Å². The molecule has 0 fully saturated rings. The molecule has 0 aliphatic carbocycles. The number of benzene rings is 1. The van der Waals surface area contributed by atoms with Crippen molar-refractivity contribution < 1.29 is 23.5 Å². The van der Waals surface area contributed by atoms with Gasteiger partial charge in [0.2, 0.25) is 5.43 Å². The molecule has 31 heavy (non-hydrogen) atoms. The van der Waals surface area contributed by atoms with E-state index in [1.165, 1.54) is 6.07 Å². The Balaban J connectivity index is 1.77. The molecule has 2 aliphatic heterocycles. The molecule has 2 atom stereocenters. The van der Waals surface area contributed by atoms with E-state index in [9.17, 15) is 28.3 Å². The molecule has 2 aliphatic rings. The van der Waals surface area contributed by atoms with E-state index in [4.69, 9.17) is 0 Å². The number of likely N-dealkylation sites (N-methyl/N-ethyl adjacent to an activating group) is 1. The fourth-order valence-corrected chi connectivity index (χ4v) is 4.43. The van der Waals surface area contributed by atoms with Gasteiger partial charge in [0.25, 0.3) is 11.8 Å². The molecule has 0 spiro atoms. The summed E-state index contributed by atoms with van der Waals surface area (Å²) in [7, 11) is 1.68. The number of carbonyl (C=O) groups is 2.